The third kappa shape index (κ3) is 2.41. The molecule has 0 spiro atoms. The second-order valence-corrected chi connectivity index (χ2v) is 12.4. The second kappa shape index (κ2) is 6.60. The van der Waals surface area contributed by atoms with Gasteiger partial charge in [-0.1, -0.05) is 86.9 Å². The second-order valence-electron chi connectivity index (χ2n) is 12.4. The first kappa shape index (κ1) is 20.8. The van der Waals surface area contributed by atoms with Gasteiger partial charge in [0.25, 0.3) is 0 Å². The van der Waals surface area contributed by atoms with E-state index in [2.05, 4.69) is 128 Å². The van der Waals surface area contributed by atoms with E-state index in [0.29, 0.717) is 0 Å². The number of hydrogen-bond donors (Lipinski definition) is 0. The number of aryl methyl sites for hydroxylation is 1. The summed E-state index contributed by atoms with van der Waals surface area (Å²) in [5.74, 6) is 0. The molecule has 5 aromatic carbocycles. The maximum atomic E-state index is 2.55. The maximum absolute atomic E-state index is 2.55. The number of nitrogens with zero attached hydrogens (tertiary/aromatic N) is 2. The molecule has 0 saturated heterocycles. The minimum Gasteiger partial charge on any atom is -0.295 e. The number of fused-ring (bicyclic) bond motifs is 11. The highest BCUT2D eigenvalue weighted by molar-refractivity contribution is 7.01. The highest BCUT2D eigenvalue weighted by Gasteiger charge is 2.41. The van der Waals surface area contributed by atoms with E-state index in [1.807, 2.05) is 0 Å². The van der Waals surface area contributed by atoms with Crippen LogP contribution in [0.3, 0.4) is 0 Å². The van der Waals surface area contributed by atoms with Crippen molar-refractivity contribution in [2.75, 3.05) is 0 Å². The van der Waals surface area contributed by atoms with Gasteiger partial charge in [0.15, 0.2) is 0 Å². The summed E-state index contributed by atoms with van der Waals surface area (Å²) in [4.78, 5) is 0. The molecule has 0 radical (unpaired) electrons. The van der Waals surface area contributed by atoms with Crippen LogP contribution in [-0.4, -0.2) is 15.7 Å². The van der Waals surface area contributed by atoms with Crippen LogP contribution in [0.4, 0.5) is 0 Å². The summed E-state index contributed by atoms with van der Waals surface area (Å²) in [5, 5.41) is 3.87. The quantitative estimate of drug-likeness (QED) is 0.214. The van der Waals surface area contributed by atoms with Crippen molar-refractivity contribution in [3.05, 3.63) is 102 Å². The fourth-order valence-corrected chi connectivity index (χ4v) is 7.35. The molecule has 4 heterocycles. The maximum Gasteiger partial charge on any atom is 0.248 e. The molecule has 38 heavy (non-hydrogen) atoms. The predicted molar refractivity (Wildman–Crippen MR) is 163 cm³/mol. The Morgan fingerprint density at radius 1 is 0.658 bits per heavy atom. The third-order valence-corrected chi connectivity index (χ3v) is 9.05. The molecule has 3 heteroatoms. The molecule has 2 aromatic heterocycles. The molecule has 0 atom stereocenters. The summed E-state index contributed by atoms with van der Waals surface area (Å²) < 4.78 is 5.04. The van der Waals surface area contributed by atoms with Gasteiger partial charge in [0, 0.05) is 11.1 Å². The Kier molecular flexibility index (Phi) is 3.61. The number of benzene rings is 5. The zero-order chi connectivity index (χ0) is 25.5. The average Bonchev–Trinajstić information content (AvgIpc) is 3.53. The molecular weight excluding hydrogens is 459 g/mol. The molecule has 180 valence electrons. The number of rotatable bonds is 0. The molecule has 7 aromatic rings. The fourth-order valence-electron chi connectivity index (χ4n) is 7.35. The highest BCUT2D eigenvalue weighted by Crippen LogP contribution is 2.38. The number of imidazole rings is 1. The highest BCUT2D eigenvalue weighted by atomic mass is 15.1. The Morgan fingerprint density at radius 2 is 1.47 bits per heavy atom. The van der Waals surface area contributed by atoms with Crippen LogP contribution in [-0.2, 0) is 5.41 Å². The van der Waals surface area contributed by atoms with Crippen molar-refractivity contribution in [1.82, 2.24) is 8.97 Å². The smallest absolute Gasteiger partial charge is 0.248 e. The van der Waals surface area contributed by atoms with E-state index in [9.17, 15) is 0 Å². The van der Waals surface area contributed by atoms with Gasteiger partial charge in [0.2, 0.25) is 6.71 Å². The Hall–Kier alpha value is -4.24. The summed E-state index contributed by atoms with van der Waals surface area (Å²) in [6, 6.07) is 34.8. The summed E-state index contributed by atoms with van der Waals surface area (Å²) >= 11 is 0. The van der Waals surface area contributed by atoms with Crippen molar-refractivity contribution in [1.29, 1.82) is 0 Å². The van der Waals surface area contributed by atoms with Gasteiger partial charge < -0.3 is 0 Å². The molecule has 0 bridgehead atoms. The van der Waals surface area contributed by atoms with Gasteiger partial charge in [-0.15, -0.1) is 0 Å². The molecule has 0 unspecified atom stereocenters. The fraction of sp³-hybridized carbons (Fsp3) is 0.143. The first-order chi connectivity index (χ1) is 18.4. The van der Waals surface area contributed by atoms with E-state index in [-0.39, 0.29) is 12.1 Å². The first-order valence-electron chi connectivity index (χ1n) is 13.7. The van der Waals surface area contributed by atoms with Crippen molar-refractivity contribution >= 4 is 61.5 Å². The van der Waals surface area contributed by atoms with Crippen LogP contribution in [0.1, 0.15) is 31.9 Å². The lowest BCUT2D eigenvalue weighted by atomic mass is 9.37. The molecule has 0 saturated carbocycles. The van der Waals surface area contributed by atoms with Crippen LogP contribution in [0.25, 0.3) is 55.2 Å². The Labute approximate surface area is 222 Å². The Morgan fingerprint density at radius 3 is 2.29 bits per heavy atom. The van der Waals surface area contributed by atoms with Crippen molar-refractivity contribution in [3.63, 3.8) is 0 Å². The first-order valence-corrected chi connectivity index (χ1v) is 13.7. The van der Waals surface area contributed by atoms with E-state index >= 15 is 0 Å². The van der Waals surface area contributed by atoms with E-state index in [1.54, 1.807) is 0 Å². The van der Waals surface area contributed by atoms with Crippen molar-refractivity contribution in [2.45, 2.75) is 33.1 Å². The Balaban J connectivity index is 1.46. The molecule has 0 aliphatic carbocycles. The minimum absolute atomic E-state index is 0.113. The van der Waals surface area contributed by atoms with Gasteiger partial charge in [-0.05, 0) is 86.6 Å². The zero-order valence-electron chi connectivity index (χ0n) is 22.1. The molecule has 2 aliphatic heterocycles. The lowest BCUT2D eigenvalue weighted by molar-refractivity contribution is 0.591. The van der Waals surface area contributed by atoms with Gasteiger partial charge in [0.1, 0.15) is 5.65 Å². The number of hydrogen-bond acceptors (Lipinski definition) is 0. The van der Waals surface area contributed by atoms with Crippen LogP contribution in [0.2, 0.25) is 0 Å². The molecule has 2 nitrogen and oxygen atoms in total. The number of para-hydroxylation sites is 1. The largest absolute Gasteiger partial charge is 0.295 e. The third-order valence-electron chi connectivity index (χ3n) is 9.05. The van der Waals surface area contributed by atoms with Crippen LogP contribution in [0, 0.1) is 6.92 Å². The van der Waals surface area contributed by atoms with Gasteiger partial charge >= 0.3 is 0 Å². The lowest BCUT2D eigenvalue weighted by Gasteiger charge is -2.25. The van der Waals surface area contributed by atoms with Crippen molar-refractivity contribution < 1.29 is 0 Å². The lowest BCUT2D eigenvalue weighted by Crippen LogP contribution is -2.53. The van der Waals surface area contributed by atoms with E-state index < -0.39 is 0 Å². The van der Waals surface area contributed by atoms with Gasteiger partial charge in [0.05, 0.1) is 16.6 Å². The van der Waals surface area contributed by atoms with Crippen LogP contribution in [0.15, 0.2) is 91.0 Å². The minimum atomic E-state index is 0.113. The van der Waals surface area contributed by atoms with Crippen molar-refractivity contribution in [2.24, 2.45) is 0 Å². The van der Waals surface area contributed by atoms with Gasteiger partial charge in [-0.2, -0.15) is 0 Å². The zero-order valence-corrected chi connectivity index (χ0v) is 22.1. The molecular formula is C35H27BN2. The van der Waals surface area contributed by atoms with E-state index in [4.69, 9.17) is 0 Å². The normalized spacial score (nSPS) is 13.7. The molecule has 0 fully saturated rings. The van der Waals surface area contributed by atoms with E-state index in [1.165, 1.54) is 82.7 Å². The van der Waals surface area contributed by atoms with Gasteiger partial charge in [-0.25, -0.2) is 0 Å². The summed E-state index contributed by atoms with van der Waals surface area (Å²) in [5.41, 5.74) is 16.5. The van der Waals surface area contributed by atoms with Crippen LogP contribution in [0.5, 0.6) is 0 Å². The topological polar surface area (TPSA) is 9.34 Å². The predicted octanol–water partition coefficient (Wildman–Crippen LogP) is 6.61. The molecule has 0 N–H and O–H groups in total. The van der Waals surface area contributed by atoms with E-state index in [0.717, 1.165) is 0 Å². The summed E-state index contributed by atoms with van der Waals surface area (Å²) in [6.07, 6.45) is 0. The van der Waals surface area contributed by atoms with Gasteiger partial charge in [-0.3, -0.25) is 8.97 Å². The SMILES string of the molecule is Cc1cc2c3c(c1)-n1c4c(cccc4n4c5cc6ccccc6cc5cc14)B3c1cc(C(C)(C)C)ccc1-2. The Bertz CT molecular complexity index is 2180. The standard InChI is InChI=1S/C35H27BN2/c1-20-14-26-25-13-12-24(35(2,3)4)19-28(25)36-27-10-7-11-29-34(27)38(31(15-20)33(26)36)32-18-23-16-21-8-5-6-9-22(21)17-30(23)37(29)32/h5-19H,1-4H3. The summed E-state index contributed by atoms with van der Waals surface area (Å²) in [7, 11) is 0. The van der Waals surface area contributed by atoms with Crippen LogP contribution < -0.4 is 16.4 Å². The molecule has 9 rings (SSSR count). The monoisotopic (exact) mass is 486 g/mol. The van der Waals surface area contributed by atoms with Crippen LogP contribution >= 0.6 is 0 Å². The molecule has 2 aliphatic rings. The molecule has 0 amide bonds. The average molecular weight is 486 g/mol. The summed E-state index contributed by atoms with van der Waals surface area (Å²) in [6.45, 7) is 9.46. The van der Waals surface area contributed by atoms with Crippen molar-refractivity contribution in [3.8, 4) is 16.8 Å². The number of aromatic nitrogens is 2.